The molecule has 0 aromatic carbocycles. The van der Waals surface area contributed by atoms with Crippen molar-refractivity contribution >= 4 is 28.9 Å². The second-order valence-corrected chi connectivity index (χ2v) is 6.68. The summed E-state index contributed by atoms with van der Waals surface area (Å²) in [5.41, 5.74) is 1.20. The van der Waals surface area contributed by atoms with Crippen molar-refractivity contribution in [2.45, 2.75) is 19.9 Å². The van der Waals surface area contributed by atoms with Crippen molar-refractivity contribution in [2.75, 3.05) is 17.7 Å². The summed E-state index contributed by atoms with van der Waals surface area (Å²) < 4.78 is 8.93. The van der Waals surface area contributed by atoms with Crippen molar-refractivity contribution < 1.29 is 19.2 Å². The Labute approximate surface area is 175 Å². The molecule has 0 aliphatic carbocycles. The number of anilines is 2. The summed E-state index contributed by atoms with van der Waals surface area (Å²) in [5, 5.41) is 28.5. The zero-order valence-electron chi connectivity index (χ0n) is 17.5. The molecule has 1 unspecified atom stereocenters. The van der Waals surface area contributed by atoms with Gasteiger partial charge in [-0.05, 0) is 13.8 Å². The minimum absolute atomic E-state index is 0.118. The van der Waals surface area contributed by atoms with Gasteiger partial charge in [0, 0.05) is 14.1 Å². The maximum absolute atomic E-state index is 12.8. The van der Waals surface area contributed by atoms with E-state index in [2.05, 4.69) is 25.9 Å². The number of nitro groups is 1. The van der Waals surface area contributed by atoms with E-state index >= 15 is 0 Å². The smallest absolute Gasteiger partial charge is 0.350 e. The fraction of sp³-hybridized carbons (Fsp3) is 0.353. The molecule has 14 nitrogen and oxygen atoms in total. The summed E-state index contributed by atoms with van der Waals surface area (Å²) in [6, 6.07) is -0.931. The van der Waals surface area contributed by atoms with Crippen molar-refractivity contribution in [2.24, 2.45) is 14.1 Å². The highest BCUT2D eigenvalue weighted by Gasteiger charge is 2.27. The molecule has 0 spiro atoms. The van der Waals surface area contributed by atoms with Crippen LogP contribution in [-0.4, -0.2) is 53.2 Å². The SMILES string of the molecule is COc1nn(C(C)C(=O)Nc2cnn(C)c2C(=O)Nc2cnn(C)c2C)cc1[N+](=O)[O-]. The number of ether oxygens (including phenoxy) is 1. The van der Waals surface area contributed by atoms with Crippen molar-refractivity contribution in [1.82, 2.24) is 29.3 Å². The molecule has 3 heterocycles. The molecule has 2 amide bonds. The van der Waals surface area contributed by atoms with E-state index < -0.39 is 22.8 Å². The van der Waals surface area contributed by atoms with E-state index in [0.717, 1.165) is 16.6 Å². The van der Waals surface area contributed by atoms with Crippen LogP contribution in [-0.2, 0) is 18.9 Å². The zero-order valence-corrected chi connectivity index (χ0v) is 17.5. The van der Waals surface area contributed by atoms with Crippen molar-refractivity contribution in [3.8, 4) is 5.88 Å². The fourth-order valence-electron chi connectivity index (χ4n) is 2.79. The lowest BCUT2D eigenvalue weighted by Gasteiger charge is -2.13. The van der Waals surface area contributed by atoms with Gasteiger partial charge in [0.2, 0.25) is 5.91 Å². The minimum Gasteiger partial charge on any atom is -0.475 e. The molecule has 2 N–H and O–H groups in total. The molecule has 3 aromatic rings. The predicted molar refractivity (Wildman–Crippen MR) is 108 cm³/mol. The number of hydrogen-bond donors (Lipinski definition) is 2. The third kappa shape index (κ3) is 4.08. The number of aromatic nitrogens is 6. The van der Waals surface area contributed by atoms with E-state index in [-0.39, 0.29) is 22.9 Å². The molecule has 31 heavy (non-hydrogen) atoms. The number of amides is 2. The number of aryl methyl sites for hydroxylation is 2. The predicted octanol–water partition coefficient (Wildman–Crippen LogP) is 1.03. The third-order valence-corrected chi connectivity index (χ3v) is 4.74. The number of methoxy groups -OCH3 is 1. The van der Waals surface area contributed by atoms with Crippen LogP contribution in [0.25, 0.3) is 0 Å². The van der Waals surface area contributed by atoms with Crippen LogP contribution in [0.5, 0.6) is 5.88 Å². The number of hydrogen-bond acceptors (Lipinski definition) is 8. The van der Waals surface area contributed by atoms with Gasteiger partial charge in [-0.25, -0.2) is 4.68 Å². The van der Waals surface area contributed by atoms with E-state index in [4.69, 9.17) is 4.74 Å². The van der Waals surface area contributed by atoms with Crippen LogP contribution in [0.4, 0.5) is 17.1 Å². The molecule has 0 saturated carbocycles. The highest BCUT2D eigenvalue weighted by Crippen LogP contribution is 2.26. The Hall–Kier alpha value is -4.23. The number of rotatable bonds is 7. The van der Waals surface area contributed by atoms with Gasteiger partial charge in [-0.3, -0.25) is 29.1 Å². The van der Waals surface area contributed by atoms with Gasteiger partial charge in [0.15, 0.2) is 0 Å². The molecule has 0 saturated heterocycles. The van der Waals surface area contributed by atoms with E-state index in [1.54, 1.807) is 25.7 Å². The molecule has 0 fully saturated rings. The standard InChI is InChI=1S/C17H21N9O5/c1-9-11(6-18-23(9)3)20-16(28)14-12(7-19-24(14)4)21-15(27)10(2)25-8-13(26(29)30)17(22-25)31-5/h6-8,10H,1-5H3,(H,20,28)(H,21,27). The first-order chi connectivity index (χ1) is 14.6. The van der Waals surface area contributed by atoms with Gasteiger partial charge in [-0.1, -0.05) is 0 Å². The Morgan fingerprint density at radius 3 is 2.35 bits per heavy atom. The zero-order chi connectivity index (χ0) is 22.9. The molecule has 164 valence electrons. The number of nitrogens with zero attached hydrogens (tertiary/aromatic N) is 7. The lowest BCUT2D eigenvalue weighted by atomic mass is 10.2. The van der Waals surface area contributed by atoms with E-state index in [9.17, 15) is 19.7 Å². The molecule has 0 bridgehead atoms. The van der Waals surface area contributed by atoms with Crippen molar-refractivity contribution in [3.05, 3.63) is 40.1 Å². The summed E-state index contributed by atoms with van der Waals surface area (Å²) >= 11 is 0. The summed E-state index contributed by atoms with van der Waals surface area (Å²) in [5.74, 6) is -1.26. The summed E-state index contributed by atoms with van der Waals surface area (Å²) in [6.45, 7) is 3.30. The number of carbonyl (C=O) groups excluding carboxylic acids is 2. The first-order valence-electron chi connectivity index (χ1n) is 9.04. The van der Waals surface area contributed by atoms with Gasteiger partial charge in [0.05, 0.1) is 41.5 Å². The van der Waals surface area contributed by atoms with Crippen molar-refractivity contribution in [1.29, 1.82) is 0 Å². The van der Waals surface area contributed by atoms with Crippen LogP contribution in [0.1, 0.15) is 29.1 Å². The molecular weight excluding hydrogens is 410 g/mol. The van der Waals surface area contributed by atoms with Gasteiger partial charge in [-0.2, -0.15) is 10.2 Å². The summed E-state index contributed by atoms with van der Waals surface area (Å²) in [6.07, 6.45) is 3.95. The maximum atomic E-state index is 12.8. The van der Waals surface area contributed by atoms with Gasteiger partial charge in [-0.15, -0.1) is 5.10 Å². The van der Waals surface area contributed by atoms with Gasteiger partial charge >= 0.3 is 11.6 Å². The Bertz CT molecular complexity index is 1160. The molecular formula is C17H21N9O5. The van der Waals surface area contributed by atoms with Gasteiger partial charge in [0.25, 0.3) is 5.91 Å². The quantitative estimate of drug-likeness (QED) is 0.413. The number of carbonyl (C=O) groups is 2. The van der Waals surface area contributed by atoms with Crippen LogP contribution in [0.2, 0.25) is 0 Å². The first kappa shape index (κ1) is 21.5. The Morgan fingerprint density at radius 2 is 1.81 bits per heavy atom. The minimum atomic E-state index is -0.931. The molecule has 0 aliphatic rings. The fourth-order valence-corrected chi connectivity index (χ4v) is 2.79. The Kier molecular flexibility index (Phi) is 5.72. The van der Waals surface area contributed by atoms with E-state index in [1.807, 2.05) is 0 Å². The van der Waals surface area contributed by atoms with Crippen LogP contribution < -0.4 is 15.4 Å². The third-order valence-electron chi connectivity index (χ3n) is 4.74. The van der Waals surface area contributed by atoms with Gasteiger partial charge in [0.1, 0.15) is 17.9 Å². The highest BCUT2D eigenvalue weighted by molar-refractivity contribution is 6.09. The Balaban J connectivity index is 1.80. The molecule has 0 radical (unpaired) electrons. The van der Waals surface area contributed by atoms with Crippen LogP contribution in [0.3, 0.4) is 0 Å². The average Bonchev–Trinajstić information content (AvgIpc) is 3.40. The summed E-state index contributed by atoms with van der Waals surface area (Å²) in [4.78, 5) is 35.9. The maximum Gasteiger partial charge on any atom is 0.350 e. The first-order valence-corrected chi connectivity index (χ1v) is 9.04. The Morgan fingerprint density at radius 1 is 1.16 bits per heavy atom. The normalized spacial score (nSPS) is 11.8. The average molecular weight is 431 g/mol. The van der Waals surface area contributed by atoms with E-state index in [1.165, 1.54) is 31.1 Å². The molecule has 1 atom stereocenters. The summed E-state index contributed by atoms with van der Waals surface area (Å²) in [7, 11) is 4.55. The lowest BCUT2D eigenvalue weighted by molar-refractivity contribution is -0.385. The van der Waals surface area contributed by atoms with Gasteiger partial charge < -0.3 is 15.4 Å². The molecule has 0 aliphatic heterocycles. The van der Waals surface area contributed by atoms with Crippen LogP contribution >= 0.6 is 0 Å². The molecule has 3 aromatic heterocycles. The monoisotopic (exact) mass is 431 g/mol. The molecule has 14 heteroatoms. The largest absolute Gasteiger partial charge is 0.475 e. The van der Waals surface area contributed by atoms with Crippen molar-refractivity contribution in [3.63, 3.8) is 0 Å². The van der Waals surface area contributed by atoms with E-state index in [0.29, 0.717) is 5.69 Å². The number of nitrogens with one attached hydrogen (secondary N) is 2. The van der Waals surface area contributed by atoms with Crippen LogP contribution in [0.15, 0.2) is 18.6 Å². The second kappa shape index (κ2) is 8.25. The lowest BCUT2D eigenvalue weighted by Crippen LogP contribution is -2.26. The topological polar surface area (TPSA) is 164 Å². The molecule has 3 rings (SSSR count). The second-order valence-electron chi connectivity index (χ2n) is 6.68. The highest BCUT2D eigenvalue weighted by atomic mass is 16.6. The van der Waals surface area contributed by atoms with Crippen LogP contribution in [0, 0.1) is 17.0 Å².